The number of fused-ring (bicyclic) bond motifs is 2. The number of nitrogens with one attached hydrogen (secondary N) is 2. The average molecular weight is 472 g/mol. The van der Waals surface area contributed by atoms with E-state index in [0.717, 1.165) is 42.5 Å². The lowest BCUT2D eigenvalue weighted by Gasteiger charge is -2.18. The van der Waals surface area contributed by atoms with E-state index in [9.17, 15) is 19.1 Å². The molecule has 2 amide bonds. The Hall–Kier alpha value is -3.71. The monoisotopic (exact) mass is 471 g/mol. The van der Waals surface area contributed by atoms with E-state index in [2.05, 4.69) is 10.3 Å². The Morgan fingerprint density at radius 2 is 1.97 bits per heavy atom. The summed E-state index contributed by atoms with van der Waals surface area (Å²) in [5.41, 5.74) is 6.52. The van der Waals surface area contributed by atoms with Crippen molar-refractivity contribution >= 4 is 29.2 Å². The van der Waals surface area contributed by atoms with E-state index in [1.54, 1.807) is 17.0 Å². The number of carbonyl (C=O) groups is 2. The van der Waals surface area contributed by atoms with Gasteiger partial charge in [0.05, 0.1) is 22.9 Å². The summed E-state index contributed by atoms with van der Waals surface area (Å²) in [5, 5.41) is 12.9. The Labute approximate surface area is 202 Å². The van der Waals surface area contributed by atoms with Crippen molar-refractivity contribution in [3.63, 3.8) is 0 Å². The number of aliphatic hydroxyl groups excluding tert-OH is 1. The van der Waals surface area contributed by atoms with Crippen LogP contribution < -0.4 is 5.32 Å². The van der Waals surface area contributed by atoms with Gasteiger partial charge in [-0.25, -0.2) is 4.39 Å². The van der Waals surface area contributed by atoms with Crippen molar-refractivity contribution in [2.24, 2.45) is 0 Å². The number of hydrogen-bond acceptors (Lipinski definition) is 3. The fraction of sp³-hybridized carbons (Fsp3) is 0.286. The highest BCUT2D eigenvalue weighted by molar-refractivity contribution is 6.36. The molecule has 2 aromatic carbocycles. The molecule has 0 spiro atoms. The van der Waals surface area contributed by atoms with Gasteiger partial charge in [-0.2, -0.15) is 0 Å². The first-order valence-corrected chi connectivity index (χ1v) is 12.1. The van der Waals surface area contributed by atoms with Crippen molar-refractivity contribution < 1.29 is 19.1 Å². The molecule has 1 aromatic heterocycles. The zero-order valence-corrected chi connectivity index (χ0v) is 19.2. The third kappa shape index (κ3) is 3.76. The molecule has 3 aromatic rings. The molecule has 3 heterocycles. The molecular weight excluding hydrogens is 445 g/mol. The van der Waals surface area contributed by atoms with E-state index in [0.29, 0.717) is 53.2 Å². The lowest BCUT2D eigenvalue weighted by molar-refractivity contribution is -0.110. The van der Waals surface area contributed by atoms with Crippen molar-refractivity contribution in [3.05, 3.63) is 76.4 Å². The molecule has 3 N–H and O–H groups in total. The van der Waals surface area contributed by atoms with Crippen molar-refractivity contribution in [2.45, 2.75) is 38.2 Å². The Kier molecular flexibility index (Phi) is 5.29. The SMILES string of the molecule is O=C1Nc2cccc(-c3cccc(F)c3)c2C1=Cc1[nH]c2c(c1C(=O)N1CC[C@@H](O)C1)CCCC2. The van der Waals surface area contributed by atoms with Crippen molar-refractivity contribution in [1.82, 2.24) is 9.88 Å². The number of likely N-dealkylation sites (tertiary alicyclic amines) is 1. The number of aromatic amines is 1. The third-order valence-electron chi connectivity index (χ3n) is 7.24. The lowest BCUT2D eigenvalue weighted by Crippen LogP contribution is -2.30. The first-order chi connectivity index (χ1) is 17.0. The fourth-order valence-electron chi connectivity index (χ4n) is 5.57. The average Bonchev–Trinajstić information content (AvgIpc) is 3.54. The number of benzene rings is 2. The Morgan fingerprint density at radius 3 is 2.77 bits per heavy atom. The minimum absolute atomic E-state index is 0.107. The maximum Gasteiger partial charge on any atom is 0.256 e. The van der Waals surface area contributed by atoms with Crippen LogP contribution in [-0.2, 0) is 17.6 Å². The van der Waals surface area contributed by atoms with Gasteiger partial charge in [-0.15, -0.1) is 0 Å². The summed E-state index contributed by atoms with van der Waals surface area (Å²) < 4.78 is 14.0. The number of aliphatic hydroxyl groups is 1. The largest absolute Gasteiger partial charge is 0.391 e. The standard InChI is InChI=1S/C28H26FN3O3/c29-17-6-3-5-16(13-17)19-8-4-10-23-25(19)21(27(34)31-23)14-24-26(20-7-1-2-9-22(20)30-24)28(35)32-12-11-18(33)15-32/h3-6,8,10,13-14,18,30,33H,1-2,7,9,11-12,15H2,(H,31,34)/t18-/m1/s1. The highest BCUT2D eigenvalue weighted by Gasteiger charge is 2.33. The normalized spacial score (nSPS) is 20.2. The third-order valence-corrected chi connectivity index (χ3v) is 7.24. The van der Waals surface area contributed by atoms with Crippen molar-refractivity contribution in [3.8, 4) is 11.1 Å². The van der Waals surface area contributed by atoms with Gasteiger partial charge in [-0.3, -0.25) is 9.59 Å². The number of rotatable bonds is 3. The first kappa shape index (κ1) is 21.8. The molecule has 1 atom stereocenters. The van der Waals surface area contributed by atoms with Crippen LogP contribution in [0.2, 0.25) is 0 Å². The number of nitrogens with zero attached hydrogens (tertiary/aromatic N) is 1. The fourth-order valence-corrected chi connectivity index (χ4v) is 5.57. The molecule has 2 aliphatic heterocycles. The van der Waals surface area contributed by atoms with Gasteiger partial charge in [-0.1, -0.05) is 24.3 Å². The van der Waals surface area contributed by atoms with E-state index in [1.807, 2.05) is 24.3 Å². The number of anilines is 1. The van der Waals surface area contributed by atoms with Crippen LogP contribution in [0.15, 0.2) is 42.5 Å². The molecule has 1 saturated heterocycles. The zero-order valence-electron chi connectivity index (χ0n) is 19.2. The van der Waals surface area contributed by atoms with Crippen molar-refractivity contribution in [2.75, 3.05) is 18.4 Å². The van der Waals surface area contributed by atoms with Gasteiger partial charge in [-0.05, 0) is 73.1 Å². The minimum atomic E-state index is -0.503. The van der Waals surface area contributed by atoms with Gasteiger partial charge in [0.15, 0.2) is 0 Å². The van der Waals surface area contributed by atoms with Crippen LogP contribution in [0.5, 0.6) is 0 Å². The second-order valence-electron chi connectivity index (χ2n) is 9.52. The Balaban J connectivity index is 1.50. The molecular formula is C28H26FN3O3. The van der Waals surface area contributed by atoms with E-state index >= 15 is 0 Å². The maximum absolute atomic E-state index is 14.0. The summed E-state index contributed by atoms with van der Waals surface area (Å²) in [6, 6.07) is 11.9. The number of β-amino-alcohol motifs (C(OH)–C–C–N with tert-alkyl or cyclic N) is 1. The number of hydrogen-bond donors (Lipinski definition) is 3. The summed E-state index contributed by atoms with van der Waals surface area (Å²) in [6.45, 7) is 0.838. The van der Waals surface area contributed by atoms with E-state index in [1.165, 1.54) is 12.1 Å². The molecule has 6 nitrogen and oxygen atoms in total. The second kappa shape index (κ2) is 8.50. The molecule has 0 bridgehead atoms. The van der Waals surface area contributed by atoms with Crippen LogP contribution in [0, 0.1) is 5.82 Å². The van der Waals surface area contributed by atoms with Gasteiger partial charge >= 0.3 is 0 Å². The van der Waals surface area contributed by atoms with Crippen LogP contribution in [0.3, 0.4) is 0 Å². The molecule has 35 heavy (non-hydrogen) atoms. The van der Waals surface area contributed by atoms with E-state index in [-0.39, 0.29) is 17.6 Å². The molecule has 0 saturated carbocycles. The Morgan fingerprint density at radius 1 is 1.14 bits per heavy atom. The van der Waals surface area contributed by atoms with Crippen LogP contribution in [0.4, 0.5) is 10.1 Å². The summed E-state index contributed by atoms with van der Waals surface area (Å²) in [7, 11) is 0. The molecule has 7 heteroatoms. The quantitative estimate of drug-likeness (QED) is 0.495. The van der Waals surface area contributed by atoms with Gasteiger partial charge in [0.1, 0.15) is 5.82 Å². The van der Waals surface area contributed by atoms with E-state index < -0.39 is 6.10 Å². The summed E-state index contributed by atoms with van der Waals surface area (Å²) >= 11 is 0. The molecule has 1 aliphatic carbocycles. The number of carbonyl (C=O) groups excluding carboxylic acids is 2. The number of halogens is 1. The molecule has 178 valence electrons. The maximum atomic E-state index is 14.0. The number of aryl methyl sites for hydroxylation is 1. The lowest BCUT2D eigenvalue weighted by atomic mass is 9.92. The van der Waals surface area contributed by atoms with Crippen molar-refractivity contribution in [1.29, 1.82) is 0 Å². The minimum Gasteiger partial charge on any atom is -0.391 e. The number of amides is 2. The molecule has 6 rings (SSSR count). The van der Waals surface area contributed by atoms with Crippen LogP contribution in [0.25, 0.3) is 22.8 Å². The van der Waals surface area contributed by atoms with Gasteiger partial charge in [0.2, 0.25) is 0 Å². The number of aromatic nitrogens is 1. The summed E-state index contributed by atoms with van der Waals surface area (Å²) in [5.74, 6) is -0.711. The predicted molar refractivity (Wildman–Crippen MR) is 132 cm³/mol. The van der Waals surface area contributed by atoms with E-state index in [4.69, 9.17) is 0 Å². The smallest absolute Gasteiger partial charge is 0.256 e. The second-order valence-corrected chi connectivity index (χ2v) is 9.52. The van der Waals surface area contributed by atoms with Gasteiger partial charge < -0.3 is 20.3 Å². The molecule has 3 aliphatic rings. The highest BCUT2D eigenvalue weighted by atomic mass is 19.1. The predicted octanol–water partition coefficient (Wildman–Crippen LogP) is 4.40. The van der Waals surface area contributed by atoms with Gasteiger partial charge in [0.25, 0.3) is 11.8 Å². The first-order valence-electron chi connectivity index (χ1n) is 12.1. The van der Waals surface area contributed by atoms with Gasteiger partial charge in [0, 0.05) is 30.0 Å². The molecule has 0 radical (unpaired) electrons. The summed E-state index contributed by atoms with van der Waals surface area (Å²) in [4.78, 5) is 31.8. The van der Waals surface area contributed by atoms with Crippen LogP contribution in [-0.4, -0.2) is 46.0 Å². The van der Waals surface area contributed by atoms with Crippen LogP contribution >= 0.6 is 0 Å². The number of H-pyrrole nitrogens is 1. The highest BCUT2D eigenvalue weighted by Crippen LogP contribution is 2.41. The van der Waals surface area contributed by atoms with Crippen LogP contribution in [0.1, 0.15) is 52.1 Å². The topological polar surface area (TPSA) is 85.4 Å². The molecule has 1 fully saturated rings. The summed E-state index contributed by atoms with van der Waals surface area (Å²) in [6.07, 6.45) is 5.56. The Bertz CT molecular complexity index is 1390. The zero-order chi connectivity index (χ0) is 24.1. The molecule has 0 unspecified atom stereocenters.